The van der Waals surface area contributed by atoms with Crippen LogP contribution in [-0.2, 0) is 16.1 Å². The Morgan fingerprint density at radius 3 is 2.71 bits per heavy atom. The number of aromatic nitrogens is 3. The Bertz CT molecular complexity index is 1330. The van der Waals surface area contributed by atoms with Crippen LogP contribution in [0.2, 0.25) is 0 Å². The standard InChI is InChI=1S/C26H25FN4O3/c1-14(32)25-18-6-4-8-28-26(18)30(29-25)13-24(34)31-21-10-16(21)11-22(31)23(33)12-15-9-19(15)17-5-2-3-7-20(17)27/h2-8,15-16,19,21-22H,9-13H2,1H3/t15-,16-,19+,21-,22+/m1/s1. The lowest BCUT2D eigenvalue weighted by Crippen LogP contribution is -2.44. The molecule has 2 saturated carbocycles. The Balaban J connectivity index is 1.17. The van der Waals surface area contributed by atoms with Crippen LogP contribution >= 0.6 is 0 Å². The molecule has 0 N–H and O–H groups in total. The summed E-state index contributed by atoms with van der Waals surface area (Å²) in [6.45, 7) is 1.38. The van der Waals surface area contributed by atoms with Gasteiger partial charge in [0.2, 0.25) is 5.91 Å². The molecule has 8 heteroatoms. The lowest BCUT2D eigenvalue weighted by molar-refractivity contribution is -0.139. The molecule has 0 radical (unpaired) electrons. The van der Waals surface area contributed by atoms with Crippen LogP contribution in [0.25, 0.3) is 11.0 Å². The summed E-state index contributed by atoms with van der Waals surface area (Å²) in [5, 5.41) is 4.98. The molecule has 1 aromatic carbocycles. The van der Waals surface area contributed by atoms with E-state index in [1.54, 1.807) is 35.4 Å². The van der Waals surface area contributed by atoms with Crippen LogP contribution in [0.5, 0.6) is 0 Å². The Morgan fingerprint density at radius 2 is 1.91 bits per heavy atom. The van der Waals surface area contributed by atoms with E-state index >= 15 is 0 Å². The van der Waals surface area contributed by atoms with Crippen molar-refractivity contribution in [3.05, 3.63) is 59.7 Å². The molecule has 34 heavy (non-hydrogen) atoms. The fourth-order valence-corrected chi connectivity index (χ4v) is 5.72. The molecule has 3 aromatic rings. The summed E-state index contributed by atoms with van der Waals surface area (Å²) in [5.41, 5.74) is 1.46. The van der Waals surface area contributed by atoms with E-state index in [9.17, 15) is 18.8 Å². The number of carbonyl (C=O) groups excluding carboxylic acids is 3. The third-order valence-electron chi connectivity index (χ3n) is 7.58. The van der Waals surface area contributed by atoms with Gasteiger partial charge in [-0.1, -0.05) is 18.2 Å². The van der Waals surface area contributed by atoms with E-state index in [0.717, 1.165) is 12.8 Å². The molecular formula is C26H25FN4O3. The van der Waals surface area contributed by atoms with Gasteiger partial charge in [0.25, 0.3) is 0 Å². The summed E-state index contributed by atoms with van der Waals surface area (Å²) in [5.74, 6) is 0.0836. The molecule has 174 valence electrons. The zero-order chi connectivity index (χ0) is 23.6. The molecule has 7 nitrogen and oxygen atoms in total. The third kappa shape index (κ3) is 3.52. The first-order valence-corrected chi connectivity index (χ1v) is 11.8. The van der Waals surface area contributed by atoms with Crippen LogP contribution in [-0.4, -0.2) is 49.2 Å². The SMILES string of the molecule is CC(=O)c1nn(CC(=O)N2[C@@H]3C[C@@H]3C[C@H]2C(=O)C[C@H]2C[C@@H]2c2ccccc2F)c2ncccc12. The van der Waals surface area contributed by atoms with E-state index in [0.29, 0.717) is 41.1 Å². The van der Waals surface area contributed by atoms with E-state index in [2.05, 4.69) is 10.1 Å². The lowest BCUT2D eigenvalue weighted by Gasteiger charge is -2.27. The molecule has 1 amide bonds. The van der Waals surface area contributed by atoms with Crippen LogP contribution in [0.15, 0.2) is 42.6 Å². The van der Waals surface area contributed by atoms with Gasteiger partial charge >= 0.3 is 0 Å². The molecule has 3 heterocycles. The number of ketones is 2. The molecule has 3 aliphatic rings. The zero-order valence-corrected chi connectivity index (χ0v) is 18.9. The number of fused-ring (bicyclic) bond motifs is 2. The largest absolute Gasteiger partial charge is 0.328 e. The molecule has 0 bridgehead atoms. The summed E-state index contributed by atoms with van der Waals surface area (Å²) >= 11 is 0. The average molecular weight is 461 g/mol. The fourth-order valence-electron chi connectivity index (χ4n) is 5.72. The van der Waals surface area contributed by atoms with Crippen LogP contribution in [0.3, 0.4) is 0 Å². The number of benzene rings is 1. The van der Waals surface area contributed by atoms with E-state index < -0.39 is 6.04 Å². The predicted molar refractivity (Wildman–Crippen MR) is 122 cm³/mol. The molecule has 0 spiro atoms. The first kappa shape index (κ1) is 21.1. The molecule has 5 atom stereocenters. The number of carbonyl (C=O) groups is 3. The van der Waals surface area contributed by atoms with E-state index in [4.69, 9.17) is 0 Å². The van der Waals surface area contributed by atoms with Crippen LogP contribution in [0.1, 0.15) is 54.6 Å². The van der Waals surface area contributed by atoms with Crippen molar-refractivity contribution >= 4 is 28.5 Å². The van der Waals surface area contributed by atoms with Crippen molar-refractivity contribution in [1.82, 2.24) is 19.7 Å². The summed E-state index contributed by atoms with van der Waals surface area (Å²) in [6, 6.07) is 9.93. The Hall–Kier alpha value is -3.42. The van der Waals surface area contributed by atoms with Crippen LogP contribution in [0.4, 0.5) is 4.39 Å². The molecule has 3 fully saturated rings. The number of halogens is 1. The molecule has 0 unspecified atom stereocenters. The van der Waals surface area contributed by atoms with Gasteiger partial charge in [-0.25, -0.2) is 14.1 Å². The number of amides is 1. The van der Waals surface area contributed by atoms with Crippen molar-refractivity contribution in [2.45, 2.75) is 57.2 Å². The van der Waals surface area contributed by atoms with Gasteiger partial charge in [-0.05, 0) is 60.8 Å². The number of rotatable bonds is 7. The van der Waals surface area contributed by atoms with Gasteiger partial charge in [-0.3, -0.25) is 14.4 Å². The monoisotopic (exact) mass is 460 g/mol. The van der Waals surface area contributed by atoms with Crippen molar-refractivity contribution in [3.63, 3.8) is 0 Å². The summed E-state index contributed by atoms with van der Waals surface area (Å²) in [4.78, 5) is 44.7. The van der Waals surface area contributed by atoms with E-state index in [1.807, 2.05) is 6.07 Å². The maximum Gasteiger partial charge on any atom is 0.245 e. The number of hydrogen-bond acceptors (Lipinski definition) is 5. The van der Waals surface area contributed by atoms with Gasteiger partial charge in [0.15, 0.2) is 17.2 Å². The fraction of sp³-hybridized carbons (Fsp3) is 0.423. The number of piperidine rings is 1. The number of likely N-dealkylation sites (tertiary alicyclic amines) is 1. The van der Waals surface area contributed by atoms with Gasteiger partial charge in [0, 0.05) is 25.6 Å². The zero-order valence-electron chi connectivity index (χ0n) is 18.9. The van der Waals surface area contributed by atoms with Gasteiger partial charge in [-0.2, -0.15) is 5.10 Å². The van der Waals surface area contributed by atoms with Gasteiger partial charge < -0.3 is 4.90 Å². The van der Waals surface area contributed by atoms with E-state index in [1.165, 1.54) is 17.7 Å². The van der Waals surface area contributed by atoms with Crippen molar-refractivity contribution in [1.29, 1.82) is 0 Å². The summed E-state index contributed by atoms with van der Waals surface area (Å²) in [7, 11) is 0. The highest BCUT2D eigenvalue weighted by molar-refractivity contribution is 6.04. The minimum atomic E-state index is -0.430. The second kappa shape index (κ2) is 7.82. The predicted octanol–water partition coefficient (Wildman–Crippen LogP) is 3.53. The van der Waals surface area contributed by atoms with Crippen LogP contribution in [0, 0.1) is 17.7 Å². The van der Waals surface area contributed by atoms with Crippen molar-refractivity contribution in [3.8, 4) is 0 Å². The smallest absolute Gasteiger partial charge is 0.245 e. The molecule has 2 aromatic heterocycles. The maximum atomic E-state index is 14.1. The van der Waals surface area contributed by atoms with Crippen molar-refractivity contribution < 1.29 is 18.8 Å². The van der Waals surface area contributed by atoms with Gasteiger partial charge in [0.1, 0.15) is 18.1 Å². The summed E-state index contributed by atoms with van der Waals surface area (Å²) in [6.07, 6.45) is 4.40. The molecule has 6 rings (SSSR count). The number of Topliss-reactive ketones (excluding diaryl/α,β-unsaturated/α-hetero) is 2. The highest BCUT2D eigenvalue weighted by atomic mass is 19.1. The highest BCUT2D eigenvalue weighted by Crippen LogP contribution is 2.53. The first-order chi connectivity index (χ1) is 16.4. The first-order valence-electron chi connectivity index (χ1n) is 11.8. The van der Waals surface area contributed by atoms with Crippen molar-refractivity contribution in [2.24, 2.45) is 11.8 Å². The Kier molecular flexibility index (Phi) is 4.86. The topological polar surface area (TPSA) is 85.2 Å². The highest BCUT2D eigenvalue weighted by Gasteiger charge is 2.56. The maximum absolute atomic E-state index is 14.1. The second-order valence-electron chi connectivity index (χ2n) is 9.85. The lowest BCUT2D eigenvalue weighted by atomic mass is 10.00. The number of nitrogens with zero attached hydrogens (tertiary/aromatic N) is 4. The summed E-state index contributed by atoms with van der Waals surface area (Å²) < 4.78 is 15.6. The van der Waals surface area contributed by atoms with Gasteiger partial charge in [0.05, 0.1) is 11.4 Å². The average Bonchev–Trinajstić information content (AvgIpc) is 3.69. The second-order valence-corrected chi connectivity index (χ2v) is 9.85. The molecular weight excluding hydrogens is 435 g/mol. The quantitative estimate of drug-likeness (QED) is 0.504. The number of hydrogen-bond donors (Lipinski definition) is 0. The minimum Gasteiger partial charge on any atom is -0.328 e. The minimum absolute atomic E-state index is 0.0604. The van der Waals surface area contributed by atoms with E-state index in [-0.39, 0.29) is 47.7 Å². The third-order valence-corrected chi connectivity index (χ3v) is 7.58. The Morgan fingerprint density at radius 1 is 1.09 bits per heavy atom. The van der Waals surface area contributed by atoms with Crippen LogP contribution < -0.4 is 0 Å². The molecule has 2 aliphatic carbocycles. The molecule has 1 aliphatic heterocycles. The normalized spacial score (nSPS) is 27.0. The Labute approximate surface area is 195 Å². The number of pyridine rings is 1. The van der Waals surface area contributed by atoms with Crippen molar-refractivity contribution in [2.75, 3.05) is 0 Å². The van der Waals surface area contributed by atoms with Gasteiger partial charge in [-0.15, -0.1) is 0 Å². The molecule has 1 saturated heterocycles.